The van der Waals surface area contributed by atoms with E-state index in [4.69, 9.17) is 4.74 Å². The third kappa shape index (κ3) is 4.48. The molecular formula is C13H21NO2S. The second kappa shape index (κ2) is 6.77. The number of ether oxygens (including phenoxy) is 1. The van der Waals surface area contributed by atoms with E-state index in [0.717, 1.165) is 17.9 Å². The highest BCUT2D eigenvalue weighted by Crippen LogP contribution is 2.25. The van der Waals surface area contributed by atoms with Crippen molar-refractivity contribution in [2.45, 2.75) is 19.9 Å². The van der Waals surface area contributed by atoms with Crippen molar-refractivity contribution in [3.05, 3.63) is 29.3 Å². The molecule has 0 aromatic heterocycles. The first-order valence-electron chi connectivity index (χ1n) is 5.72. The Balaban J connectivity index is 2.67. The average molecular weight is 255 g/mol. The molecule has 4 heteroatoms. The van der Waals surface area contributed by atoms with Crippen molar-refractivity contribution in [3.63, 3.8) is 0 Å². The molecule has 0 fully saturated rings. The van der Waals surface area contributed by atoms with Gasteiger partial charge in [0, 0.05) is 41.0 Å². The monoisotopic (exact) mass is 255 g/mol. The van der Waals surface area contributed by atoms with E-state index < -0.39 is 10.8 Å². The van der Waals surface area contributed by atoms with Crippen LogP contribution in [-0.2, 0) is 10.8 Å². The molecule has 0 spiro atoms. The standard InChI is InChI=1S/C13H21NO2S/c1-10-5-6-12(13(9-10)16-3)11(2)14-7-8-17(4)15/h5-6,9,11,14H,7-8H2,1-4H3. The highest BCUT2D eigenvalue weighted by atomic mass is 32.2. The maximum atomic E-state index is 11.0. The Bertz CT molecular complexity index is 393. The van der Waals surface area contributed by atoms with Gasteiger partial charge in [0.15, 0.2) is 0 Å². The molecule has 2 unspecified atom stereocenters. The van der Waals surface area contributed by atoms with Crippen LogP contribution in [0.4, 0.5) is 0 Å². The van der Waals surface area contributed by atoms with Crippen LogP contribution in [-0.4, -0.2) is 29.9 Å². The molecule has 1 aromatic carbocycles. The van der Waals surface area contributed by atoms with Gasteiger partial charge in [0.25, 0.3) is 0 Å². The van der Waals surface area contributed by atoms with Crippen molar-refractivity contribution in [2.24, 2.45) is 0 Å². The predicted molar refractivity (Wildman–Crippen MR) is 73.1 cm³/mol. The number of aryl methyl sites for hydroxylation is 1. The molecule has 0 saturated heterocycles. The number of methoxy groups -OCH3 is 1. The Hall–Kier alpha value is -0.870. The van der Waals surface area contributed by atoms with Gasteiger partial charge in [-0.2, -0.15) is 0 Å². The first kappa shape index (κ1) is 14.2. The van der Waals surface area contributed by atoms with E-state index in [1.807, 2.05) is 13.0 Å². The minimum absolute atomic E-state index is 0.203. The van der Waals surface area contributed by atoms with Crippen molar-refractivity contribution >= 4 is 10.8 Å². The van der Waals surface area contributed by atoms with Gasteiger partial charge >= 0.3 is 0 Å². The maximum absolute atomic E-state index is 11.0. The first-order valence-corrected chi connectivity index (χ1v) is 7.45. The van der Waals surface area contributed by atoms with E-state index in [0.29, 0.717) is 5.75 Å². The Labute approximate surface area is 106 Å². The van der Waals surface area contributed by atoms with Crippen LogP contribution in [0.1, 0.15) is 24.1 Å². The molecular weight excluding hydrogens is 234 g/mol. The van der Waals surface area contributed by atoms with Crippen LogP contribution in [0.2, 0.25) is 0 Å². The lowest BCUT2D eigenvalue weighted by molar-refractivity contribution is 0.402. The van der Waals surface area contributed by atoms with Gasteiger partial charge in [0.05, 0.1) is 7.11 Å². The van der Waals surface area contributed by atoms with Crippen LogP contribution in [0.5, 0.6) is 5.75 Å². The third-order valence-corrected chi connectivity index (χ3v) is 3.47. The molecule has 2 atom stereocenters. The molecule has 0 radical (unpaired) electrons. The summed E-state index contributed by atoms with van der Waals surface area (Å²) in [6.07, 6.45) is 1.72. The number of hydrogen-bond donors (Lipinski definition) is 1. The lowest BCUT2D eigenvalue weighted by Gasteiger charge is -2.17. The summed E-state index contributed by atoms with van der Waals surface area (Å²) in [6.45, 7) is 4.89. The SMILES string of the molecule is COc1cc(C)ccc1C(C)NCCS(C)=O. The fraction of sp³-hybridized carbons (Fsp3) is 0.538. The van der Waals surface area contributed by atoms with Gasteiger partial charge in [-0.1, -0.05) is 12.1 Å². The molecule has 96 valence electrons. The van der Waals surface area contributed by atoms with Crippen molar-refractivity contribution in [2.75, 3.05) is 25.7 Å². The largest absolute Gasteiger partial charge is 0.496 e. The number of hydrogen-bond acceptors (Lipinski definition) is 3. The predicted octanol–water partition coefficient (Wildman–Crippen LogP) is 2.03. The van der Waals surface area contributed by atoms with E-state index in [9.17, 15) is 4.21 Å². The zero-order valence-electron chi connectivity index (χ0n) is 10.9. The zero-order chi connectivity index (χ0) is 12.8. The van der Waals surface area contributed by atoms with Crippen LogP contribution in [0, 0.1) is 6.92 Å². The molecule has 0 amide bonds. The Morgan fingerprint density at radius 2 is 2.18 bits per heavy atom. The molecule has 0 heterocycles. The molecule has 1 N–H and O–H groups in total. The average Bonchev–Trinajstić information content (AvgIpc) is 2.28. The van der Waals surface area contributed by atoms with Gasteiger partial charge in [-0.25, -0.2) is 0 Å². The van der Waals surface area contributed by atoms with Crippen LogP contribution < -0.4 is 10.1 Å². The summed E-state index contributed by atoms with van der Waals surface area (Å²) in [7, 11) is 0.944. The Morgan fingerprint density at radius 1 is 1.47 bits per heavy atom. The lowest BCUT2D eigenvalue weighted by atomic mass is 10.1. The van der Waals surface area contributed by atoms with Crippen molar-refractivity contribution in [3.8, 4) is 5.75 Å². The molecule has 17 heavy (non-hydrogen) atoms. The van der Waals surface area contributed by atoms with Crippen molar-refractivity contribution in [1.29, 1.82) is 0 Å². The summed E-state index contributed by atoms with van der Waals surface area (Å²) < 4.78 is 16.4. The molecule has 3 nitrogen and oxygen atoms in total. The molecule has 0 bridgehead atoms. The van der Waals surface area contributed by atoms with E-state index in [-0.39, 0.29) is 6.04 Å². The molecule has 0 aliphatic heterocycles. The number of rotatable bonds is 6. The first-order chi connectivity index (χ1) is 8.04. The Kier molecular flexibility index (Phi) is 5.65. The minimum atomic E-state index is -0.743. The molecule has 0 saturated carbocycles. The van der Waals surface area contributed by atoms with Gasteiger partial charge in [0.1, 0.15) is 5.75 Å². The fourth-order valence-corrected chi connectivity index (χ4v) is 2.11. The lowest BCUT2D eigenvalue weighted by Crippen LogP contribution is -2.24. The van der Waals surface area contributed by atoms with Crippen molar-refractivity contribution < 1.29 is 8.95 Å². The van der Waals surface area contributed by atoms with E-state index in [1.165, 1.54) is 5.56 Å². The molecule has 1 rings (SSSR count). The smallest absolute Gasteiger partial charge is 0.123 e. The zero-order valence-corrected chi connectivity index (χ0v) is 11.8. The maximum Gasteiger partial charge on any atom is 0.123 e. The van der Waals surface area contributed by atoms with Gasteiger partial charge in [-0.05, 0) is 25.5 Å². The summed E-state index contributed by atoms with van der Waals surface area (Å²) in [6, 6.07) is 6.39. The summed E-state index contributed by atoms with van der Waals surface area (Å²) in [5, 5.41) is 3.35. The summed E-state index contributed by atoms with van der Waals surface area (Å²) >= 11 is 0. The highest BCUT2D eigenvalue weighted by molar-refractivity contribution is 7.84. The fourth-order valence-electron chi connectivity index (χ4n) is 1.71. The second-order valence-corrected chi connectivity index (χ2v) is 5.75. The number of nitrogens with one attached hydrogen (secondary N) is 1. The molecule has 0 aliphatic carbocycles. The van der Waals surface area contributed by atoms with Gasteiger partial charge in [-0.3, -0.25) is 4.21 Å². The minimum Gasteiger partial charge on any atom is -0.496 e. The topological polar surface area (TPSA) is 38.3 Å². The van der Waals surface area contributed by atoms with E-state index >= 15 is 0 Å². The summed E-state index contributed by atoms with van der Waals surface area (Å²) in [4.78, 5) is 0. The van der Waals surface area contributed by atoms with Crippen molar-refractivity contribution in [1.82, 2.24) is 5.32 Å². The van der Waals surface area contributed by atoms with Crippen LogP contribution in [0.25, 0.3) is 0 Å². The normalized spacial score (nSPS) is 14.4. The summed E-state index contributed by atoms with van der Waals surface area (Å²) in [5.41, 5.74) is 2.33. The van der Waals surface area contributed by atoms with E-state index in [1.54, 1.807) is 13.4 Å². The highest BCUT2D eigenvalue weighted by Gasteiger charge is 2.10. The van der Waals surface area contributed by atoms with Gasteiger partial charge in [0.2, 0.25) is 0 Å². The third-order valence-electron chi connectivity index (χ3n) is 2.70. The molecule has 0 aliphatic rings. The van der Waals surface area contributed by atoms with Crippen LogP contribution >= 0.6 is 0 Å². The number of benzene rings is 1. The quantitative estimate of drug-likeness (QED) is 0.845. The summed E-state index contributed by atoms with van der Waals surface area (Å²) in [5.74, 6) is 1.58. The van der Waals surface area contributed by atoms with Crippen LogP contribution in [0.15, 0.2) is 18.2 Å². The second-order valence-electron chi connectivity index (χ2n) is 4.20. The Morgan fingerprint density at radius 3 is 2.76 bits per heavy atom. The molecule has 1 aromatic rings. The van der Waals surface area contributed by atoms with E-state index in [2.05, 4.69) is 24.4 Å². The van der Waals surface area contributed by atoms with Gasteiger partial charge in [-0.15, -0.1) is 0 Å². The van der Waals surface area contributed by atoms with Crippen LogP contribution in [0.3, 0.4) is 0 Å². The van der Waals surface area contributed by atoms with Gasteiger partial charge < -0.3 is 10.1 Å².